The molecule has 0 saturated heterocycles. The molecule has 0 aliphatic heterocycles. The molecule has 0 aliphatic carbocycles. The summed E-state index contributed by atoms with van der Waals surface area (Å²) in [6.45, 7) is 5.51. The van der Waals surface area contributed by atoms with Crippen LogP contribution in [0, 0.1) is 6.92 Å². The topological polar surface area (TPSA) is 50.4 Å². The Bertz CT molecular complexity index is 374. The van der Waals surface area contributed by atoms with E-state index in [0.29, 0.717) is 12.0 Å². The highest BCUT2D eigenvalue weighted by atomic mass is 16.4. The van der Waals surface area contributed by atoms with Crippen molar-refractivity contribution in [1.82, 2.24) is 0 Å². The van der Waals surface area contributed by atoms with Crippen molar-refractivity contribution < 1.29 is 14.3 Å². The highest BCUT2D eigenvalue weighted by Crippen LogP contribution is 2.22. The van der Waals surface area contributed by atoms with Gasteiger partial charge in [-0.25, -0.2) is 4.79 Å². The standard InChI is InChI=1S/C12H16O3/c1-8(4-5-9(2)12(13)14)11-7-6-10(3)15-11/h5-8H,4H2,1-3H3,(H,13,14)/b9-5+. The number of aryl methyl sites for hydroxylation is 1. The van der Waals surface area contributed by atoms with Crippen LogP contribution in [0.5, 0.6) is 0 Å². The van der Waals surface area contributed by atoms with E-state index < -0.39 is 5.97 Å². The number of carboxylic acid groups (broad SMARTS) is 1. The molecule has 1 aromatic heterocycles. The Morgan fingerprint density at radius 1 is 1.60 bits per heavy atom. The second-order valence-corrected chi connectivity index (χ2v) is 3.78. The van der Waals surface area contributed by atoms with Crippen LogP contribution in [0.15, 0.2) is 28.2 Å². The first-order chi connectivity index (χ1) is 7.00. The minimum Gasteiger partial charge on any atom is -0.478 e. The normalized spacial score (nSPS) is 13.9. The quantitative estimate of drug-likeness (QED) is 0.773. The predicted octanol–water partition coefficient (Wildman–Crippen LogP) is 3.11. The van der Waals surface area contributed by atoms with E-state index in [1.807, 2.05) is 26.0 Å². The maximum absolute atomic E-state index is 10.6. The molecule has 3 heteroatoms. The molecule has 3 nitrogen and oxygen atoms in total. The largest absolute Gasteiger partial charge is 0.478 e. The maximum Gasteiger partial charge on any atom is 0.330 e. The minimum atomic E-state index is -0.863. The molecule has 0 saturated carbocycles. The fraction of sp³-hybridized carbons (Fsp3) is 0.417. The molecule has 1 rings (SSSR count). The van der Waals surface area contributed by atoms with E-state index in [2.05, 4.69) is 0 Å². The highest BCUT2D eigenvalue weighted by molar-refractivity contribution is 5.85. The van der Waals surface area contributed by atoms with Crippen LogP contribution in [0.2, 0.25) is 0 Å². The van der Waals surface area contributed by atoms with Gasteiger partial charge in [0.05, 0.1) is 0 Å². The van der Waals surface area contributed by atoms with Gasteiger partial charge in [0.15, 0.2) is 0 Å². The van der Waals surface area contributed by atoms with E-state index in [9.17, 15) is 4.79 Å². The first-order valence-electron chi connectivity index (χ1n) is 4.97. The summed E-state index contributed by atoms with van der Waals surface area (Å²) in [7, 11) is 0. The summed E-state index contributed by atoms with van der Waals surface area (Å²) in [5.41, 5.74) is 0.380. The second kappa shape index (κ2) is 4.82. The zero-order valence-electron chi connectivity index (χ0n) is 9.28. The molecule has 1 N–H and O–H groups in total. The SMILES string of the molecule is C/C(=C\CC(C)c1ccc(C)o1)C(=O)O. The fourth-order valence-electron chi connectivity index (χ4n) is 1.28. The van der Waals surface area contributed by atoms with Crippen molar-refractivity contribution in [2.45, 2.75) is 33.1 Å². The number of furan rings is 1. The average molecular weight is 208 g/mol. The third kappa shape index (κ3) is 3.27. The summed E-state index contributed by atoms with van der Waals surface area (Å²) >= 11 is 0. The molecule has 1 unspecified atom stereocenters. The molecule has 0 bridgehead atoms. The van der Waals surface area contributed by atoms with E-state index in [-0.39, 0.29) is 5.92 Å². The third-order valence-electron chi connectivity index (χ3n) is 2.36. The zero-order chi connectivity index (χ0) is 11.4. The number of rotatable bonds is 4. The first-order valence-corrected chi connectivity index (χ1v) is 4.97. The summed E-state index contributed by atoms with van der Waals surface area (Å²) in [5, 5.41) is 8.68. The van der Waals surface area contributed by atoms with E-state index in [1.165, 1.54) is 0 Å². The van der Waals surface area contributed by atoms with Crippen LogP contribution in [0.3, 0.4) is 0 Å². The van der Waals surface area contributed by atoms with Gasteiger partial charge in [0, 0.05) is 11.5 Å². The van der Waals surface area contributed by atoms with Crippen molar-refractivity contribution in [3.05, 3.63) is 35.3 Å². The number of carbonyl (C=O) groups is 1. The predicted molar refractivity (Wildman–Crippen MR) is 57.9 cm³/mol. The molecule has 0 radical (unpaired) electrons. The van der Waals surface area contributed by atoms with Gasteiger partial charge in [-0.3, -0.25) is 0 Å². The molecular formula is C12H16O3. The lowest BCUT2D eigenvalue weighted by Crippen LogP contribution is -1.97. The van der Waals surface area contributed by atoms with Crippen LogP contribution in [-0.4, -0.2) is 11.1 Å². The van der Waals surface area contributed by atoms with Gasteiger partial charge in [0.25, 0.3) is 0 Å². The molecule has 0 aliphatic rings. The summed E-state index contributed by atoms with van der Waals surface area (Å²) < 4.78 is 5.46. The Kier molecular flexibility index (Phi) is 3.72. The number of carboxylic acids is 1. The lowest BCUT2D eigenvalue weighted by Gasteiger charge is -2.04. The van der Waals surface area contributed by atoms with Crippen LogP contribution in [0.1, 0.15) is 37.7 Å². The van der Waals surface area contributed by atoms with Crippen molar-refractivity contribution in [2.75, 3.05) is 0 Å². The lowest BCUT2D eigenvalue weighted by molar-refractivity contribution is -0.132. The van der Waals surface area contributed by atoms with Crippen molar-refractivity contribution in [3.8, 4) is 0 Å². The van der Waals surface area contributed by atoms with Gasteiger partial charge in [-0.2, -0.15) is 0 Å². The summed E-state index contributed by atoms with van der Waals surface area (Å²) in [6, 6.07) is 3.85. The van der Waals surface area contributed by atoms with Gasteiger partial charge in [-0.15, -0.1) is 0 Å². The van der Waals surface area contributed by atoms with Crippen molar-refractivity contribution in [3.63, 3.8) is 0 Å². The van der Waals surface area contributed by atoms with E-state index in [4.69, 9.17) is 9.52 Å². The van der Waals surface area contributed by atoms with E-state index in [1.54, 1.807) is 13.0 Å². The van der Waals surface area contributed by atoms with Crippen molar-refractivity contribution in [1.29, 1.82) is 0 Å². The van der Waals surface area contributed by atoms with Gasteiger partial charge in [-0.1, -0.05) is 13.0 Å². The van der Waals surface area contributed by atoms with Crippen LogP contribution in [0.4, 0.5) is 0 Å². The monoisotopic (exact) mass is 208 g/mol. The number of hydrogen-bond acceptors (Lipinski definition) is 2. The molecular weight excluding hydrogens is 192 g/mol. The Hall–Kier alpha value is -1.51. The molecule has 82 valence electrons. The first kappa shape index (κ1) is 11.6. The Balaban J connectivity index is 2.60. The Morgan fingerprint density at radius 2 is 2.27 bits per heavy atom. The highest BCUT2D eigenvalue weighted by Gasteiger charge is 2.09. The van der Waals surface area contributed by atoms with Gasteiger partial charge in [0.1, 0.15) is 11.5 Å². The summed E-state index contributed by atoms with van der Waals surface area (Å²) in [4.78, 5) is 10.6. The molecule has 0 aromatic carbocycles. The van der Waals surface area contributed by atoms with Crippen LogP contribution in [0.25, 0.3) is 0 Å². The fourth-order valence-corrected chi connectivity index (χ4v) is 1.28. The van der Waals surface area contributed by atoms with Gasteiger partial charge in [-0.05, 0) is 32.4 Å². The lowest BCUT2D eigenvalue weighted by atomic mass is 10.0. The smallest absolute Gasteiger partial charge is 0.330 e. The molecule has 0 fully saturated rings. The van der Waals surface area contributed by atoms with Crippen molar-refractivity contribution in [2.24, 2.45) is 0 Å². The second-order valence-electron chi connectivity index (χ2n) is 3.78. The maximum atomic E-state index is 10.6. The van der Waals surface area contributed by atoms with E-state index >= 15 is 0 Å². The molecule has 0 spiro atoms. The minimum absolute atomic E-state index is 0.216. The zero-order valence-corrected chi connectivity index (χ0v) is 9.28. The third-order valence-corrected chi connectivity index (χ3v) is 2.36. The number of hydrogen-bond donors (Lipinski definition) is 1. The van der Waals surface area contributed by atoms with Crippen LogP contribution in [-0.2, 0) is 4.79 Å². The van der Waals surface area contributed by atoms with Crippen molar-refractivity contribution >= 4 is 5.97 Å². The van der Waals surface area contributed by atoms with Gasteiger partial charge < -0.3 is 9.52 Å². The Morgan fingerprint density at radius 3 is 2.73 bits per heavy atom. The molecule has 1 aromatic rings. The van der Waals surface area contributed by atoms with Crippen LogP contribution < -0.4 is 0 Å². The molecule has 1 atom stereocenters. The molecule has 1 heterocycles. The number of allylic oxidation sites excluding steroid dienone is 1. The average Bonchev–Trinajstić information content (AvgIpc) is 2.60. The van der Waals surface area contributed by atoms with E-state index in [0.717, 1.165) is 11.5 Å². The summed E-state index contributed by atoms with van der Waals surface area (Å²) in [5.74, 6) is 1.14. The van der Waals surface area contributed by atoms with Crippen LogP contribution >= 0.6 is 0 Å². The molecule has 15 heavy (non-hydrogen) atoms. The molecule has 0 amide bonds. The Labute approximate surface area is 89.4 Å². The summed E-state index contributed by atoms with van der Waals surface area (Å²) in [6.07, 6.45) is 2.41. The van der Waals surface area contributed by atoms with Gasteiger partial charge >= 0.3 is 5.97 Å². The van der Waals surface area contributed by atoms with Gasteiger partial charge in [0.2, 0.25) is 0 Å². The number of aliphatic carboxylic acids is 1.